The summed E-state index contributed by atoms with van der Waals surface area (Å²) in [6.07, 6.45) is 1.50. The Hall–Kier alpha value is -2.87. The van der Waals surface area contributed by atoms with Crippen LogP contribution in [0.3, 0.4) is 0 Å². The number of carbonyl (C=O) groups is 2. The maximum absolute atomic E-state index is 11.9. The third-order valence-corrected chi connectivity index (χ3v) is 3.29. The number of nitrogens with zero attached hydrogens (tertiary/aromatic N) is 2. The molecule has 2 amide bonds. The second-order valence-electron chi connectivity index (χ2n) is 5.28. The molecular weight excluding hydrogens is 300 g/mol. The van der Waals surface area contributed by atoms with E-state index in [1.807, 2.05) is 30.3 Å². The smallest absolute Gasteiger partial charge is 0.337 e. The molecule has 0 aliphatic rings. The summed E-state index contributed by atoms with van der Waals surface area (Å²) in [5.41, 5.74) is 0.0337. The fraction of sp³-hybridized carbons (Fsp3) is 0.267. The third kappa shape index (κ3) is 3.86. The molecule has 4 N–H and O–H groups in total. The van der Waals surface area contributed by atoms with Gasteiger partial charge in [-0.25, -0.2) is 9.59 Å². The monoisotopic (exact) mass is 318 g/mol. The minimum absolute atomic E-state index is 0.422. The molecule has 8 nitrogen and oxygen atoms in total. The summed E-state index contributed by atoms with van der Waals surface area (Å²) in [6.45, 7) is 0.685. The second kappa shape index (κ2) is 6.49. The quantitative estimate of drug-likeness (QED) is 0.657. The van der Waals surface area contributed by atoms with Crippen molar-refractivity contribution in [3.05, 3.63) is 36.5 Å². The molecular formula is C15H18N4O4. The first-order chi connectivity index (χ1) is 10.8. The lowest BCUT2D eigenvalue weighted by Gasteiger charge is -2.18. The van der Waals surface area contributed by atoms with Gasteiger partial charge in [0, 0.05) is 12.6 Å². The molecule has 1 atom stereocenters. The lowest BCUT2D eigenvalue weighted by Crippen LogP contribution is -2.47. The molecule has 0 aliphatic carbocycles. The summed E-state index contributed by atoms with van der Waals surface area (Å²) in [4.78, 5) is 22.7. The number of anilines is 1. The van der Waals surface area contributed by atoms with E-state index in [1.165, 1.54) is 6.20 Å². The van der Waals surface area contributed by atoms with Crippen LogP contribution in [-0.2, 0) is 11.8 Å². The van der Waals surface area contributed by atoms with Crippen molar-refractivity contribution in [2.45, 2.75) is 12.5 Å². The molecule has 1 aromatic carbocycles. The maximum atomic E-state index is 11.9. The highest BCUT2D eigenvalue weighted by atomic mass is 16.4. The van der Waals surface area contributed by atoms with Crippen molar-refractivity contribution in [2.24, 2.45) is 7.05 Å². The maximum Gasteiger partial charge on any atom is 0.337 e. The average molecular weight is 318 g/mol. The van der Waals surface area contributed by atoms with E-state index in [2.05, 4.69) is 15.7 Å². The number of carboxylic acids is 1. The summed E-state index contributed by atoms with van der Waals surface area (Å²) < 4.78 is 1.62. The molecule has 122 valence electrons. The molecule has 0 saturated heterocycles. The average Bonchev–Trinajstić information content (AvgIpc) is 2.86. The van der Waals surface area contributed by atoms with Crippen molar-refractivity contribution in [3.63, 3.8) is 0 Å². The van der Waals surface area contributed by atoms with Gasteiger partial charge in [0.15, 0.2) is 5.60 Å². The minimum atomic E-state index is -2.03. The van der Waals surface area contributed by atoms with E-state index in [0.29, 0.717) is 11.4 Å². The van der Waals surface area contributed by atoms with E-state index in [9.17, 15) is 14.7 Å². The van der Waals surface area contributed by atoms with Crippen LogP contribution in [-0.4, -0.2) is 44.1 Å². The largest absolute Gasteiger partial charge is 0.479 e. The number of nitrogens with one attached hydrogen (secondary N) is 2. The molecule has 1 heterocycles. The predicted molar refractivity (Wildman–Crippen MR) is 83.9 cm³/mol. The highest BCUT2D eigenvalue weighted by Crippen LogP contribution is 2.26. The number of rotatable bonds is 5. The Balaban J connectivity index is 2.10. The van der Waals surface area contributed by atoms with E-state index >= 15 is 0 Å². The van der Waals surface area contributed by atoms with Crippen molar-refractivity contribution in [2.75, 3.05) is 11.9 Å². The molecule has 2 aromatic rings. The lowest BCUT2D eigenvalue weighted by atomic mass is 10.1. The van der Waals surface area contributed by atoms with Crippen molar-refractivity contribution in [3.8, 4) is 11.3 Å². The summed E-state index contributed by atoms with van der Waals surface area (Å²) in [6, 6.07) is 8.77. The van der Waals surface area contributed by atoms with Crippen molar-refractivity contribution < 1.29 is 19.8 Å². The van der Waals surface area contributed by atoms with Gasteiger partial charge in [0.2, 0.25) is 0 Å². The highest BCUT2D eigenvalue weighted by Gasteiger charge is 2.30. The number of carboxylic acid groups (broad SMARTS) is 1. The van der Waals surface area contributed by atoms with Crippen LogP contribution in [0.4, 0.5) is 10.5 Å². The Kier molecular flexibility index (Phi) is 4.65. The Morgan fingerprint density at radius 3 is 2.57 bits per heavy atom. The molecule has 0 bridgehead atoms. The molecule has 0 aliphatic heterocycles. The molecule has 1 aromatic heterocycles. The highest BCUT2D eigenvalue weighted by molar-refractivity contribution is 5.93. The first-order valence-electron chi connectivity index (χ1n) is 6.89. The topological polar surface area (TPSA) is 116 Å². The summed E-state index contributed by atoms with van der Waals surface area (Å²) in [5.74, 6) is -1.41. The van der Waals surface area contributed by atoms with E-state index in [-0.39, 0.29) is 0 Å². The lowest BCUT2D eigenvalue weighted by molar-refractivity contribution is -0.155. The Morgan fingerprint density at radius 1 is 1.30 bits per heavy atom. The standard InChI is InChI=1S/C15H18N4O4/c1-15(23,13(20)21)9-16-14(22)18-11-8-17-19(2)12(11)10-6-4-3-5-7-10/h3-8,23H,9H2,1-2H3,(H,20,21)(H2,16,18,22). The van der Waals surface area contributed by atoms with Crippen molar-refractivity contribution in [1.82, 2.24) is 15.1 Å². The number of hydrogen-bond acceptors (Lipinski definition) is 4. The first kappa shape index (κ1) is 16.5. The normalized spacial score (nSPS) is 13.2. The predicted octanol–water partition coefficient (Wildman–Crippen LogP) is 1.04. The fourth-order valence-electron chi connectivity index (χ4n) is 1.96. The molecule has 1 unspecified atom stereocenters. The van der Waals surface area contributed by atoms with Crippen LogP contribution in [0.15, 0.2) is 36.5 Å². The Labute approximate surface area is 132 Å². The second-order valence-corrected chi connectivity index (χ2v) is 5.28. The van der Waals surface area contributed by atoms with Crippen LogP contribution in [0, 0.1) is 0 Å². The van der Waals surface area contributed by atoms with Gasteiger partial charge in [-0.3, -0.25) is 4.68 Å². The molecule has 0 saturated carbocycles. The zero-order valence-corrected chi connectivity index (χ0v) is 12.8. The van der Waals surface area contributed by atoms with Crippen LogP contribution >= 0.6 is 0 Å². The number of aliphatic carboxylic acids is 1. The van der Waals surface area contributed by atoms with Gasteiger partial charge < -0.3 is 20.8 Å². The SMILES string of the molecule is Cn1ncc(NC(=O)NCC(C)(O)C(=O)O)c1-c1ccccc1. The number of carbonyl (C=O) groups excluding carboxylic acids is 1. The van der Waals surface area contributed by atoms with E-state index in [1.54, 1.807) is 11.7 Å². The molecule has 2 rings (SSSR count). The summed E-state index contributed by atoms with van der Waals surface area (Å²) in [5, 5.41) is 27.4. The number of hydrogen-bond donors (Lipinski definition) is 4. The number of aliphatic hydroxyl groups is 1. The van der Waals surface area contributed by atoms with Gasteiger partial charge in [-0.05, 0) is 6.92 Å². The van der Waals surface area contributed by atoms with E-state index in [4.69, 9.17) is 5.11 Å². The molecule has 8 heteroatoms. The van der Waals surface area contributed by atoms with Gasteiger partial charge in [0.05, 0.1) is 24.1 Å². The number of aryl methyl sites for hydroxylation is 1. The summed E-state index contributed by atoms with van der Waals surface area (Å²) in [7, 11) is 1.75. The van der Waals surface area contributed by atoms with Crippen molar-refractivity contribution in [1.29, 1.82) is 0 Å². The zero-order chi connectivity index (χ0) is 17.0. The first-order valence-corrected chi connectivity index (χ1v) is 6.89. The Morgan fingerprint density at radius 2 is 1.96 bits per heavy atom. The van der Waals surface area contributed by atoms with Crippen LogP contribution in [0.25, 0.3) is 11.3 Å². The molecule has 0 fully saturated rings. The molecule has 23 heavy (non-hydrogen) atoms. The number of aromatic nitrogens is 2. The van der Waals surface area contributed by atoms with Gasteiger partial charge >= 0.3 is 12.0 Å². The van der Waals surface area contributed by atoms with Crippen LogP contribution < -0.4 is 10.6 Å². The van der Waals surface area contributed by atoms with Crippen LogP contribution in [0.1, 0.15) is 6.92 Å². The van der Waals surface area contributed by atoms with Gasteiger partial charge in [-0.15, -0.1) is 0 Å². The Bertz CT molecular complexity index is 710. The zero-order valence-electron chi connectivity index (χ0n) is 12.8. The molecule has 0 radical (unpaired) electrons. The minimum Gasteiger partial charge on any atom is -0.479 e. The number of urea groups is 1. The summed E-state index contributed by atoms with van der Waals surface area (Å²) >= 11 is 0. The van der Waals surface area contributed by atoms with E-state index < -0.39 is 24.1 Å². The van der Waals surface area contributed by atoms with Gasteiger partial charge in [-0.1, -0.05) is 30.3 Å². The third-order valence-electron chi connectivity index (χ3n) is 3.29. The number of benzene rings is 1. The fourth-order valence-corrected chi connectivity index (χ4v) is 1.96. The molecule has 0 spiro atoms. The van der Waals surface area contributed by atoms with Gasteiger partial charge in [0.25, 0.3) is 0 Å². The van der Waals surface area contributed by atoms with Crippen LogP contribution in [0.2, 0.25) is 0 Å². The van der Waals surface area contributed by atoms with E-state index in [0.717, 1.165) is 12.5 Å². The van der Waals surface area contributed by atoms with Gasteiger partial charge in [-0.2, -0.15) is 5.10 Å². The van der Waals surface area contributed by atoms with Gasteiger partial charge in [0.1, 0.15) is 0 Å². The van der Waals surface area contributed by atoms with Crippen molar-refractivity contribution >= 4 is 17.7 Å². The number of amides is 2. The van der Waals surface area contributed by atoms with Crippen LogP contribution in [0.5, 0.6) is 0 Å².